The lowest BCUT2D eigenvalue weighted by atomic mass is 9.81. The Bertz CT molecular complexity index is 291. The van der Waals surface area contributed by atoms with Crippen LogP contribution < -0.4 is 11.3 Å². The molecule has 0 aromatic carbocycles. The standard InChI is InChI=1S/C11H20N2S/c1-5-11(3,4)10(13-12)9-7-6-8(2)14-9/h6-7,10,13H,5,12H2,1-4H3. The van der Waals surface area contributed by atoms with Gasteiger partial charge in [0.2, 0.25) is 0 Å². The Morgan fingerprint density at radius 3 is 2.50 bits per heavy atom. The Morgan fingerprint density at radius 1 is 1.50 bits per heavy atom. The van der Waals surface area contributed by atoms with Crippen LogP contribution in [0.5, 0.6) is 0 Å². The molecule has 0 saturated carbocycles. The molecule has 0 fully saturated rings. The number of rotatable bonds is 4. The van der Waals surface area contributed by atoms with Crippen LogP contribution in [0.25, 0.3) is 0 Å². The Balaban J connectivity index is 2.92. The minimum atomic E-state index is 0.200. The van der Waals surface area contributed by atoms with E-state index in [1.54, 1.807) is 0 Å². The molecule has 1 heterocycles. The zero-order valence-electron chi connectivity index (χ0n) is 9.42. The second-order valence-corrected chi connectivity index (χ2v) is 5.71. The summed E-state index contributed by atoms with van der Waals surface area (Å²) in [5.74, 6) is 5.63. The van der Waals surface area contributed by atoms with Crippen molar-refractivity contribution in [2.75, 3.05) is 0 Å². The van der Waals surface area contributed by atoms with Gasteiger partial charge in [-0.15, -0.1) is 11.3 Å². The van der Waals surface area contributed by atoms with Gasteiger partial charge in [0.1, 0.15) is 0 Å². The summed E-state index contributed by atoms with van der Waals surface area (Å²) in [7, 11) is 0. The highest BCUT2D eigenvalue weighted by Gasteiger charge is 2.29. The fourth-order valence-corrected chi connectivity index (χ4v) is 2.65. The number of thiophene rings is 1. The van der Waals surface area contributed by atoms with E-state index in [0.717, 1.165) is 6.42 Å². The summed E-state index contributed by atoms with van der Waals surface area (Å²) in [6.45, 7) is 8.81. The van der Waals surface area contributed by atoms with Crippen molar-refractivity contribution in [2.45, 2.75) is 40.2 Å². The highest BCUT2D eigenvalue weighted by Crippen LogP contribution is 2.38. The Labute approximate surface area is 90.5 Å². The second kappa shape index (κ2) is 4.43. The third kappa shape index (κ3) is 2.35. The number of hydrazine groups is 1. The van der Waals surface area contributed by atoms with E-state index in [2.05, 4.69) is 45.3 Å². The minimum Gasteiger partial charge on any atom is -0.271 e. The van der Waals surface area contributed by atoms with Gasteiger partial charge in [-0.05, 0) is 30.9 Å². The molecule has 80 valence electrons. The molecule has 3 N–H and O–H groups in total. The van der Waals surface area contributed by atoms with E-state index in [4.69, 9.17) is 5.84 Å². The molecule has 0 aliphatic rings. The van der Waals surface area contributed by atoms with Gasteiger partial charge in [-0.25, -0.2) is 0 Å². The average molecular weight is 212 g/mol. The van der Waals surface area contributed by atoms with E-state index in [-0.39, 0.29) is 11.5 Å². The highest BCUT2D eigenvalue weighted by molar-refractivity contribution is 7.12. The Hall–Kier alpha value is -0.380. The lowest BCUT2D eigenvalue weighted by Crippen LogP contribution is -2.37. The number of hydrogen-bond acceptors (Lipinski definition) is 3. The molecule has 0 amide bonds. The summed E-state index contributed by atoms with van der Waals surface area (Å²) in [6, 6.07) is 4.57. The molecule has 1 rings (SSSR count). The Morgan fingerprint density at radius 2 is 2.14 bits per heavy atom. The van der Waals surface area contributed by atoms with E-state index < -0.39 is 0 Å². The molecule has 2 nitrogen and oxygen atoms in total. The van der Waals surface area contributed by atoms with Crippen molar-refractivity contribution >= 4 is 11.3 Å². The fourth-order valence-electron chi connectivity index (χ4n) is 1.51. The minimum absolute atomic E-state index is 0.200. The van der Waals surface area contributed by atoms with Crippen molar-refractivity contribution in [1.29, 1.82) is 0 Å². The number of nitrogens with one attached hydrogen (secondary N) is 1. The van der Waals surface area contributed by atoms with Gasteiger partial charge in [0.25, 0.3) is 0 Å². The molecule has 0 aliphatic carbocycles. The molecule has 1 aromatic rings. The van der Waals surface area contributed by atoms with Crippen LogP contribution in [-0.4, -0.2) is 0 Å². The summed E-state index contributed by atoms with van der Waals surface area (Å²) in [4.78, 5) is 2.67. The molecule has 0 radical (unpaired) electrons. The van der Waals surface area contributed by atoms with Crippen LogP contribution >= 0.6 is 11.3 Å². The largest absolute Gasteiger partial charge is 0.271 e. The Kier molecular flexibility index (Phi) is 3.70. The number of aryl methyl sites for hydroxylation is 1. The lowest BCUT2D eigenvalue weighted by Gasteiger charge is -2.32. The summed E-state index contributed by atoms with van der Waals surface area (Å²) >= 11 is 1.82. The summed E-state index contributed by atoms with van der Waals surface area (Å²) in [6.07, 6.45) is 1.11. The van der Waals surface area contributed by atoms with Gasteiger partial charge in [0.05, 0.1) is 6.04 Å². The van der Waals surface area contributed by atoms with E-state index in [1.165, 1.54) is 9.75 Å². The van der Waals surface area contributed by atoms with Crippen molar-refractivity contribution in [3.8, 4) is 0 Å². The smallest absolute Gasteiger partial charge is 0.0604 e. The monoisotopic (exact) mass is 212 g/mol. The fraction of sp³-hybridized carbons (Fsp3) is 0.636. The van der Waals surface area contributed by atoms with Crippen molar-refractivity contribution in [3.63, 3.8) is 0 Å². The van der Waals surface area contributed by atoms with Crippen molar-refractivity contribution in [3.05, 3.63) is 21.9 Å². The van der Waals surface area contributed by atoms with Crippen molar-refractivity contribution < 1.29 is 0 Å². The van der Waals surface area contributed by atoms with Gasteiger partial charge in [-0.2, -0.15) is 0 Å². The van der Waals surface area contributed by atoms with Crippen molar-refractivity contribution in [1.82, 2.24) is 5.43 Å². The molecular weight excluding hydrogens is 192 g/mol. The van der Waals surface area contributed by atoms with Gasteiger partial charge in [-0.3, -0.25) is 11.3 Å². The van der Waals surface area contributed by atoms with Crippen LogP contribution in [0.2, 0.25) is 0 Å². The maximum absolute atomic E-state index is 5.63. The zero-order valence-corrected chi connectivity index (χ0v) is 10.2. The molecule has 0 aliphatic heterocycles. The highest BCUT2D eigenvalue weighted by atomic mass is 32.1. The molecular formula is C11H20N2S. The van der Waals surface area contributed by atoms with Crippen LogP contribution in [0.15, 0.2) is 12.1 Å². The van der Waals surface area contributed by atoms with Gasteiger partial charge < -0.3 is 0 Å². The first-order chi connectivity index (χ1) is 6.51. The predicted molar refractivity (Wildman–Crippen MR) is 63.2 cm³/mol. The first-order valence-electron chi connectivity index (χ1n) is 5.03. The molecule has 0 spiro atoms. The van der Waals surface area contributed by atoms with Gasteiger partial charge in [-0.1, -0.05) is 20.8 Å². The van der Waals surface area contributed by atoms with Crippen LogP contribution in [0, 0.1) is 12.3 Å². The summed E-state index contributed by atoms with van der Waals surface area (Å²) in [5, 5.41) is 0. The van der Waals surface area contributed by atoms with Crippen LogP contribution in [0.3, 0.4) is 0 Å². The van der Waals surface area contributed by atoms with Crippen molar-refractivity contribution in [2.24, 2.45) is 11.3 Å². The van der Waals surface area contributed by atoms with Gasteiger partial charge in [0.15, 0.2) is 0 Å². The summed E-state index contributed by atoms with van der Waals surface area (Å²) in [5.41, 5.74) is 3.13. The van der Waals surface area contributed by atoms with Gasteiger partial charge >= 0.3 is 0 Å². The SMILES string of the molecule is CCC(C)(C)C(NN)c1ccc(C)s1. The first kappa shape index (κ1) is 11.7. The first-order valence-corrected chi connectivity index (χ1v) is 5.85. The van der Waals surface area contributed by atoms with E-state index in [9.17, 15) is 0 Å². The molecule has 14 heavy (non-hydrogen) atoms. The van der Waals surface area contributed by atoms with Crippen LogP contribution in [0.1, 0.15) is 43.0 Å². The second-order valence-electron chi connectivity index (χ2n) is 4.39. The summed E-state index contributed by atoms with van der Waals surface area (Å²) < 4.78 is 0. The third-order valence-electron chi connectivity index (χ3n) is 2.91. The normalized spacial score (nSPS) is 14.4. The predicted octanol–water partition coefficient (Wildman–Crippen LogP) is 3.00. The van der Waals surface area contributed by atoms with E-state index >= 15 is 0 Å². The molecule has 3 heteroatoms. The van der Waals surface area contributed by atoms with Gasteiger partial charge in [0, 0.05) is 9.75 Å². The van der Waals surface area contributed by atoms with Crippen LogP contribution in [0.4, 0.5) is 0 Å². The number of nitrogens with two attached hydrogens (primary N) is 1. The van der Waals surface area contributed by atoms with E-state index in [1.807, 2.05) is 11.3 Å². The molecule has 1 aromatic heterocycles. The maximum Gasteiger partial charge on any atom is 0.0604 e. The quantitative estimate of drug-likeness (QED) is 0.595. The maximum atomic E-state index is 5.63. The van der Waals surface area contributed by atoms with E-state index in [0.29, 0.717) is 0 Å². The zero-order chi connectivity index (χ0) is 10.8. The molecule has 1 unspecified atom stereocenters. The molecule has 0 saturated heterocycles. The molecule has 0 bridgehead atoms. The molecule has 1 atom stereocenters. The third-order valence-corrected chi connectivity index (χ3v) is 3.97. The number of hydrogen-bond donors (Lipinski definition) is 2. The topological polar surface area (TPSA) is 38.0 Å². The van der Waals surface area contributed by atoms with Crippen LogP contribution in [-0.2, 0) is 0 Å². The average Bonchev–Trinajstić information content (AvgIpc) is 2.53. The lowest BCUT2D eigenvalue weighted by molar-refractivity contribution is 0.239.